The zero-order valence-corrected chi connectivity index (χ0v) is 11.4. The average molecular weight is 285 g/mol. The third-order valence-electron chi connectivity index (χ3n) is 2.82. The van der Waals surface area contributed by atoms with Crippen molar-refractivity contribution in [2.24, 2.45) is 5.14 Å². The Hall–Kier alpha value is -0.220. The summed E-state index contributed by atoms with van der Waals surface area (Å²) in [4.78, 5) is 1.90. The Balaban J connectivity index is 2.33. The third kappa shape index (κ3) is 4.88. The molecular formula is C8H19N3O4S2. The maximum atomic E-state index is 11.2. The van der Waals surface area contributed by atoms with Gasteiger partial charge in [-0.15, -0.1) is 0 Å². The molecule has 7 nitrogen and oxygen atoms in total. The number of sulfonamides is 2. The lowest BCUT2D eigenvalue weighted by molar-refractivity contribution is 0.344. The highest BCUT2D eigenvalue weighted by Crippen LogP contribution is 2.13. The monoisotopic (exact) mass is 285 g/mol. The van der Waals surface area contributed by atoms with Gasteiger partial charge < -0.3 is 4.90 Å². The molecule has 1 atom stereocenters. The largest absolute Gasteiger partial charge is 0.301 e. The minimum atomic E-state index is -3.47. The van der Waals surface area contributed by atoms with Crippen LogP contribution in [0.5, 0.6) is 0 Å². The summed E-state index contributed by atoms with van der Waals surface area (Å²) < 4.78 is 46.9. The third-order valence-corrected chi connectivity index (χ3v) is 5.54. The molecule has 0 amide bonds. The van der Waals surface area contributed by atoms with Gasteiger partial charge in [-0.1, -0.05) is 0 Å². The maximum Gasteiger partial charge on any atom is 0.213 e. The molecule has 1 saturated heterocycles. The van der Waals surface area contributed by atoms with Crippen LogP contribution >= 0.6 is 0 Å². The highest BCUT2D eigenvalue weighted by atomic mass is 32.2. The zero-order chi connectivity index (χ0) is 13.1. The molecule has 0 aromatic heterocycles. The van der Waals surface area contributed by atoms with E-state index in [1.165, 1.54) is 0 Å². The molecule has 0 aliphatic carbocycles. The Morgan fingerprint density at radius 3 is 2.47 bits per heavy atom. The van der Waals surface area contributed by atoms with Crippen molar-refractivity contribution in [3.8, 4) is 0 Å². The Morgan fingerprint density at radius 2 is 2.00 bits per heavy atom. The van der Waals surface area contributed by atoms with Gasteiger partial charge in [0.05, 0.1) is 11.0 Å². The van der Waals surface area contributed by atoms with E-state index in [4.69, 9.17) is 5.14 Å². The van der Waals surface area contributed by atoms with Gasteiger partial charge in [0, 0.05) is 19.6 Å². The predicted molar refractivity (Wildman–Crippen MR) is 65.4 cm³/mol. The number of likely N-dealkylation sites (tertiary alicyclic amines) is 1. The fraction of sp³-hybridized carbons (Fsp3) is 1.00. The van der Waals surface area contributed by atoms with Gasteiger partial charge in [-0.3, -0.25) is 0 Å². The summed E-state index contributed by atoms with van der Waals surface area (Å²) >= 11 is 0. The molecule has 0 spiro atoms. The van der Waals surface area contributed by atoms with Crippen LogP contribution in [0.4, 0.5) is 0 Å². The number of rotatable bonds is 6. The van der Waals surface area contributed by atoms with Crippen LogP contribution in [0, 0.1) is 0 Å². The van der Waals surface area contributed by atoms with E-state index in [2.05, 4.69) is 4.72 Å². The molecule has 3 N–H and O–H groups in total. The second-order valence-corrected chi connectivity index (χ2v) is 8.04. The van der Waals surface area contributed by atoms with Crippen molar-refractivity contribution in [3.05, 3.63) is 0 Å². The quantitative estimate of drug-likeness (QED) is 0.604. The first-order chi connectivity index (χ1) is 7.74. The lowest BCUT2D eigenvalue weighted by atomic mass is 10.4. The molecule has 0 aromatic carbocycles. The fourth-order valence-electron chi connectivity index (χ4n) is 1.73. The highest BCUT2D eigenvalue weighted by molar-refractivity contribution is 7.89. The number of nitrogens with two attached hydrogens (primary N) is 1. The molecule has 17 heavy (non-hydrogen) atoms. The van der Waals surface area contributed by atoms with Crippen LogP contribution in [-0.2, 0) is 20.0 Å². The van der Waals surface area contributed by atoms with E-state index in [-0.39, 0.29) is 5.75 Å². The summed E-state index contributed by atoms with van der Waals surface area (Å²) in [5, 5.41) is 4.53. The Kier molecular flexibility index (Phi) is 4.90. The second kappa shape index (κ2) is 5.61. The summed E-state index contributed by atoms with van der Waals surface area (Å²) in [6, 6.07) is 0. The minimum absolute atomic E-state index is 0.0484. The Labute approximate surface area is 102 Å². The van der Waals surface area contributed by atoms with Gasteiger partial charge in [0.25, 0.3) is 0 Å². The van der Waals surface area contributed by atoms with Crippen molar-refractivity contribution in [1.29, 1.82) is 0 Å². The van der Waals surface area contributed by atoms with E-state index >= 15 is 0 Å². The SMILES string of the molecule is CCS(=O)(=O)NCCN1CCC(S(N)(=O)=O)C1. The topological polar surface area (TPSA) is 110 Å². The maximum absolute atomic E-state index is 11.2. The van der Waals surface area contributed by atoms with Crippen molar-refractivity contribution >= 4 is 20.0 Å². The number of hydrogen-bond donors (Lipinski definition) is 2. The molecule has 1 aliphatic heterocycles. The van der Waals surface area contributed by atoms with Crippen molar-refractivity contribution in [2.75, 3.05) is 31.9 Å². The van der Waals surface area contributed by atoms with E-state index in [1.807, 2.05) is 4.90 Å². The van der Waals surface area contributed by atoms with Crippen molar-refractivity contribution in [3.63, 3.8) is 0 Å². The van der Waals surface area contributed by atoms with Gasteiger partial charge in [-0.2, -0.15) is 0 Å². The first-order valence-electron chi connectivity index (χ1n) is 5.46. The van der Waals surface area contributed by atoms with Gasteiger partial charge >= 0.3 is 0 Å². The molecular weight excluding hydrogens is 266 g/mol. The van der Waals surface area contributed by atoms with E-state index in [1.54, 1.807) is 6.92 Å². The Morgan fingerprint density at radius 1 is 1.35 bits per heavy atom. The van der Waals surface area contributed by atoms with Crippen LogP contribution in [0.15, 0.2) is 0 Å². The molecule has 1 rings (SSSR count). The van der Waals surface area contributed by atoms with Crippen molar-refractivity contribution in [1.82, 2.24) is 9.62 Å². The zero-order valence-electron chi connectivity index (χ0n) is 9.79. The Bertz CT molecular complexity index is 445. The molecule has 1 fully saturated rings. The molecule has 0 saturated carbocycles. The van der Waals surface area contributed by atoms with Gasteiger partial charge in [0.2, 0.25) is 20.0 Å². The molecule has 1 aliphatic rings. The smallest absolute Gasteiger partial charge is 0.213 e. The summed E-state index contributed by atoms with van der Waals surface area (Å²) in [5.74, 6) is 0.0484. The van der Waals surface area contributed by atoms with E-state index in [0.29, 0.717) is 32.6 Å². The van der Waals surface area contributed by atoms with E-state index in [9.17, 15) is 16.8 Å². The van der Waals surface area contributed by atoms with Crippen LogP contribution in [0.25, 0.3) is 0 Å². The van der Waals surface area contributed by atoms with Gasteiger partial charge in [-0.05, 0) is 19.9 Å². The van der Waals surface area contributed by atoms with Crippen LogP contribution in [-0.4, -0.2) is 58.9 Å². The number of primary sulfonamides is 1. The summed E-state index contributed by atoms with van der Waals surface area (Å²) in [6.07, 6.45) is 0.513. The number of nitrogens with zero attached hydrogens (tertiary/aromatic N) is 1. The highest BCUT2D eigenvalue weighted by Gasteiger charge is 2.30. The van der Waals surface area contributed by atoms with Crippen LogP contribution in [0.2, 0.25) is 0 Å². The van der Waals surface area contributed by atoms with E-state index < -0.39 is 25.3 Å². The lowest BCUT2D eigenvalue weighted by Gasteiger charge is -2.15. The number of nitrogens with one attached hydrogen (secondary N) is 1. The molecule has 102 valence electrons. The molecule has 0 radical (unpaired) electrons. The molecule has 0 bridgehead atoms. The summed E-state index contributed by atoms with van der Waals surface area (Å²) in [7, 11) is -6.65. The average Bonchev–Trinajstić information content (AvgIpc) is 2.66. The second-order valence-electron chi connectivity index (χ2n) is 4.10. The number of hydrogen-bond acceptors (Lipinski definition) is 5. The van der Waals surface area contributed by atoms with Gasteiger partial charge in [0.15, 0.2) is 0 Å². The first-order valence-corrected chi connectivity index (χ1v) is 8.72. The first kappa shape index (κ1) is 14.8. The fourth-order valence-corrected chi connectivity index (χ4v) is 3.19. The van der Waals surface area contributed by atoms with E-state index in [0.717, 1.165) is 0 Å². The minimum Gasteiger partial charge on any atom is -0.301 e. The molecule has 9 heteroatoms. The molecule has 1 heterocycles. The summed E-state index contributed by atoms with van der Waals surface area (Å²) in [5.41, 5.74) is 0. The lowest BCUT2D eigenvalue weighted by Crippen LogP contribution is -2.36. The van der Waals surface area contributed by atoms with Crippen LogP contribution in [0.3, 0.4) is 0 Å². The molecule has 1 unspecified atom stereocenters. The molecule has 0 aromatic rings. The normalized spacial score (nSPS) is 23.1. The van der Waals surface area contributed by atoms with Crippen LogP contribution in [0.1, 0.15) is 13.3 Å². The van der Waals surface area contributed by atoms with Crippen LogP contribution < -0.4 is 9.86 Å². The summed E-state index contributed by atoms with van der Waals surface area (Å²) in [6.45, 7) is 3.38. The predicted octanol–water partition coefficient (Wildman–Crippen LogP) is -1.71. The van der Waals surface area contributed by atoms with Crippen molar-refractivity contribution in [2.45, 2.75) is 18.6 Å². The standard InChI is InChI=1S/C8H19N3O4S2/c1-2-16(12,13)10-4-6-11-5-3-8(7-11)17(9,14)15/h8,10H,2-7H2,1H3,(H2,9,14,15). The van der Waals surface area contributed by atoms with Gasteiger partial charge in [-0.25, -0.2) is 26.7 Å². The van der Waals surface area contributed by atoms with Gasteiger partial charge in [0.1, 0.15) is 0 Å². The van der Waals surface area contributed by atoms with Crippen molar-refractivity contribution < 1.29 is 16.8 Å².